The van der Waals surface area contributed by atoms with E-state index in [1.807, 2.05) is 12.9 Å². The van der Waals surface area contributed by atoms with Crippen molar-refractivity contribution in [1.82, 2.24) is 5.48 Å². The van der Waals surface area contributed by atoms with Gasteiger partial charge in [-0.15, -0.1) is 0 Å². The minimum atomic E-state index is 0.796. The van der Waals surface area contributed by atoms with Gasteiger partial charge in [-0.3, -0.25) is 0 Å². The molecule has 0 aliphatic heterocycles. The van der Waals surface area contributed by atoms with Gasteiger partial charge in [0.1, 0.15) is 6.79 Å². The molecule has 0 saturated carbocycles. The predicted molar refractivity (Wildman–Crippen MR) is 54.5 cm³/mol. The smallest absolute Gasteiger partial charge is 0.106 e. The standard InChI is InChI=1S/C9H15NO2.CH2O/c1-11-9-5-3-8(4-6-9)7-10-12-2;1-2/h3,5,10H,4,6-7H2,1-2H3;1H2. The zero-order valence-corrected chi connectivity index (χ0v) is 8.71. The Morgan fingerprint density at radius 3 is 2.50 bits per heavy atom. The van der Waals surface area contributed by atoms with E-state index in [0.717, 1.165) is 25.1 Å². The monoisotopic (exact) mass is 199 g/mol. The normalized spacial score (nSPS) is 14.7. The minimum absolute atomic E-state index is 0.796. The lowest BCUT2D eigenvalue weighted by molar-refractivity contribution is -0.0979. The molecule has 0 aromatic heterocycles. The van der Waals surface area contributed by atoms with Crippen LogP contribution in [0.3, 0.4) is 0 Å². The first-order valence-electron chi connectivity index (χ1n) is 4.34. The average Bonchev–Trinajstić information content (AvgIpc) is 2.30. The summed E-state index contributed by atoms with van der Waals surface area (Å²) < 4.78 is 5.11. The molecular weight excluding hydrogens is 182 g/mol. The summed E-state index contributed by atoms with van der Waals surface area (Å²) in [6.45, 7) is 2.80. The second-order valence-electron chi connectivity index (χ2n) is 2.69. The van der Waals surface area contributed by atoms with Gasteiger partial charge in [0.25, 0.3) is 0 Å². The van der Waals surface area contributed by atoms with E-state index in [-0.39, 0.29) is 0 Å². The summed E-state index contributed by atoms with van der Waals surface area (Å²) in [6, 6.07) is 0. The topological polar surface area (TPSA) is 47.6 Å². The Bertz CT molecular complexity index is 211. The molecule has 1 aliphatic carbocycles. The highest BCUT2D eigenvalue weighted by molar-refractivity contribution is 5.21. The summed E-state index contributed by atoms with van der Waals surface area (Å²) in [5.41, 5.74) is 4.16. The van der Waals surface area contributed by atoms with Crippen molar-refractivity contribution in [2.24, 2.45) is 0 Å². The molecule has 0 spiro atoms. The maximum Gasteiger partial charge on any atom is 0.106 e. The Hall–Kier alpha value is -1.13. The lowest BCUT2D eigenvalue weighted by Crippen LogP contribution is -2.16. The molecule has 0 heterocycles. The van der Waals surface area contributed by atoms with Crippen LogP contribution in [0, 0.1) is 0 Å². The quantitative estimate of drug-likeness (QED) is 0.691. The van der Waals surface area contributed by atoms with E-state index in [1.165, 1.54) is 5.57 Å². The SMILES string of the molecule is C=O.CONCC1=CC=C(OC)CC1. The molecule has 1 N–H and O–H groups in total. The van der Waals surface area contributed by atoms with Gasteiger partial charge in [-0.05, 0) is 12.5 Å². The zero-order valence-electron chi connectivity index (χ0n) is 8.71. The number of rotatable bonds is 4. The maximum absolute atomic E-state index is 8.00. The lowest BCUT2D eigenvalue weighted by Gasteiger charge is -2.13. The van der Waals surface area contributed by atoms with Crippen LogP contribution in [0.4, 0.5) is 0 Å². The van der Waals surface area contributed by atoms with Crippen molar-refractivity contribution in [2.45, 2.75) is 12.8 Å². The number of hydroxylamine groups is 1. The Kier molecular flexibility index (Phi) is 7.78. The van der Waals surface area contributed by atoms with Crippen LogP contribution in [0.2, 0.25) is 0 Å². The van der Waals surface area contributed by atoms with E-state index in [1.54, 1.807) is 14.2 Å². The van der Waals surface area contributed by atoms with Gasteiger partial charge < -0.3 is 14.4 Å². The third kappa shape index (κ3) is 4.79. The van der Waals surface area contributed by atoms with E-state index in [9.17, 15) is 0 Å². The minimum Gasteiger partial charge on any atom is -0.501 e. The molecule has 0 radical (unpaired) electrons. The molecule has 0 aromatic carbocycles. The number of hydrogen-bond acceptors (Lipinski definition) is 4. The fourth-order valence-electron chi connectivity index (χ4n) is 1.14. The van der Waals surface area contributed by atoms with Crippen LogP contribution in [0.5, 0.6) is 0 Å². The molecule has 0 aromatic rings. The first kappa shape index (κ1) is 12.9. The van der Waals surface area contributed by atoms with Crippen molar-refractivity contribution in [2.75, 3.05) is 20.8 Å². The molecule has 0 bridgehead atoms. The van der Waals surface area contributed by atoms with Crippen molar-refractivity contribution in [1.29, 1.82) is 0 Å². The van der Waals surface area contributed by atoms with Crippen molar-refractivity contribution >= 4 is 6.79 Å². The van der Waals surface area contributed by atoms with Gasteiger partial charge in [0.15, 0.2) is 0 Å². The number of ether oxygens (including phenoxy) is 1. The molecule has 1 rings (SSSR count). The third-order valence-electron chi connectivity index (χ3n) is 1.90. The molecule has 14 heavy (non-hydrogen) atoms. The second kappa shape index (κ2) is 8.47. The van der Waals surface area contributed by atoms with Crippen LogP contribution in [-0.4, -0.2) is 27.6 Å². The fourth-order valence-corrected chi connectivity index (χ4v) is 1.14. The van der Waals surface area contributed by atoms with Gasteiger partial charge in [-0.1, -0.05) is 11.6 Å². The molecule has 0 atom stereocenters. The number of carbonyl (C=O) groups excluding carboxylic acids is 1. The molecule has 80 valence electrons. The van der Waals surface area contributed by atoms with Crippen LogP contribution in [-0.2, 0) is 14.4 Å². The summed E-state index contributed by atoms with van der Waals surface area (Å²) in [7, 11) is 3.33. The van der Waals surface area contributed by atoms with Gasteiger partial charge in [0, 0.05) is 13.0 Å². The number of hydrogen-bond donors (Lipinski definition) is 1. The predicted octanol–water partition coefficient (Wildman–Crippen LogP) is 1.20. The highest BCUT2D eigenvalue weighted by atomic mass is 16.6. The average molecular weight is 199 g/mol. The van der Waals surface area contributed by atoms with Gasteiger partial charge in [-0.25, -0.2) is 0 Å². The van der Waals surface area contributed by atoms with Gasteiger partial charge in [0.2, 0.25) is 0 Å². The zero-order chi connectivity index (χ0) is 10.8. The Balaban J connectivity index is 0.000000791. The highest BCUT2D eigenvalue weighted by Crippen LogP contribution is 2.17. The molecule has 0 amide bonds. The second-order valence-corrected chi connectivity index (χ2v) is 2.69. The van der Waals surface area contributed by atoms with E-state index < -0.39 is 0 Å². The van der Waals surface area contributed by atoms with Crippen LogP contribution in [0.25, 0.3) is 0 Å². The van der Waals surface area contributed by atoms with Crippen LogP contribution in [0.15, 0.2) is 23.5 Å². The van der Waals surface area contributed by atoms with Gasteiger partial charge in [-0.2, -0.15) is 5.48 Å². The summed E-state index contributed by atoms with van der Waals surface area (Å²) in [5, 5.41) is 0. The fraction of sp³-hybridized carbons (Fsp3) is 0.500. The number of allylic oxidation sites excluding steroid dienone is 3. The Labute approximate surface area is 84.5 Å². The molecule has 0 saturated heterocycles. The van der Waals surface area contributed by atoms with Gasteiger partial charge >= 0.3 is 0 Å². The molecule has 0 unspecified atom stereocenters. The largest absolute Gasteiger partial charge is 0.501 e. The van der Waals surface area contributed by atoms with Crippen LogP contribution < -0.4 is 5.48 Å². The van der Waals surface area contributed by atoms with Gasteiger partial charge in [0.05, 0.1) is 20.0 Å². The first-order valence-corrected chi connectivity index (χ1v) is 4.34. The van der Waals surface area contributed by atoms with E-state index in [2.05, 4.69) is 11.6 Å². The number of carbonyl (C=O) groups is 1. The first-order chi connectivity index (χ1) is 6.86. The van der Waals surface area contributed by atoms with E-state index in [4.69, 9.17) is 14.4 Å². The summed E-state index contributed by atoms with van der Waals surface area (Å²) in [6.07, 6.45) is 6.13. The molecule has 4 heteroatoms. The summed E-state index contributed by atoms with van der Waals surface area (Å²) in [4.78, 5) is 12.8. The molecular formula is C10H17NO3. The summed E-state index contributed by atoms with van der Waals surface area (Å²) >= 11 is 0. The number of nitrogens with one attached hydrogen (secondary N) is 1. The molecule has 0 fully saturated rings. The van der Waals surface area contributed by atoms with Crippen LogP contribution in [0.1, 0.15) is 12.8 Å². The Morgan fingerprint density at radius 1 is 1.36 bits per heavy atom. The number of methoxy groups -OCH3 is 1. The lowest BCUT2D eigenvalue weighted by atomic mass is 10.0. The third-order valence-corrected chi connectivity index (χ3v) is 1.90. The van der Waals surface area contributed by atoms with Crippen molar-refractivity contribution in [3.63, 3.8) is 0 Å². The van der Waals surface area contributed by atoms with Crippen molar-refractivity contribution in [3.8, 4) is 0 Å². The van der Waals surface area contributed by atoms with Crippen molar-refractivity contribution < 1.29 is 14.4 Å². The Morgan fingerprint density at radius 2 is 2.07 bits per heavy atom. The van der Waals surface area contributed by atoms with E-state index >= 15 is 0 Å². The van der Waals surface area contributed by atoms with Crippen molar-refractivity contribution in [3.05, 3.63) is 23.5 Å². The molecule has 4 nitrogen and oxygen atoms in total. The maximum atomic E-state index is 8.00. The highest BCUT2D eigenvalue weighted by Gasteiger charge is 2.05. The summed E-state index contributed by atoms with van der Waals surface area (Å²) in [5.74, 6) is 1.05. The molecule has 1 aliphatic rings. The van der Waals surface area contributed by atoms with E-state index in [0.29, 0.717) is 0 Å². The van der Waals surface area contributed by atoms with Crippen LogP contribution >= 0.6 is 0 Å².